The predicted molar refractivity (Wildman–Crippen MR) is 105 cm³/mol. The lowest BCUT2D eigenvalue weighted by Gasteiger charge is -2.35. The molecule has 31 heavy (non-hydrogen) atoms. The first kappa shape index (κ1) is 21.8. The lowest BCUT2D eigenvalue weighted by atomic mass is 10.00. The average molecular weight is 438 g/mol. The zero-order valence-electron chi connectivity index (χ0n) is 17.0. The SMILES string of the molecule is O=C1CCC(N2Cc3cccc(CN(CC(F)(F)F)C4CCCNC4)c3C2=O)C(=O)N1. The van der Waals surface area contributed by atoms with Crippen LogP contribution in [0.25, 0.3) is 0 Å². The molecule has 1 aromatic rings. The van der Waals surface area contributed by atoms with Crippen LogP contribution in [0.3, 0.4) is 0 Å². The number of hydrogen-bond acceptors (Lipinski definition) is 5. The van der Waals surface area contributed by atoms with Gasteiger partial charge in [-0.15, -0.1) is 0 Å². The minimum absolute atomic E-state index is 0.00393. The zero-order chi connectivity index (χ0) is 22.2. The number of nitrogens with zero attached hydrogens (tertiary/aromatic N) is 2. The molecule has 7 nitrogen and oxygen atoms in total. The van der Waals surface area contributed by atoms with Crippen molar-refractivity contribution in [1.29, 1.82) is 0 Å². The molecule has 3 heterocycles. The van der Waals surface area contributed by atoms with Crippen LogP contribution in [-0.2, 0) is 22.7 Å². The number of carbonyl (C=O) groups is 3. The van der Waals surface area contributed by atoms with E-state index in [2.05, 4.69) is 10.6 Å². The Balaban J connectivity index is 1.57. The smallest absolute Gasteiger partial charge is 0.322 e. The Bertz CT molecular complexity index is 883. The highest BCUT2D eigenvalue weighted by molar-refractivity contribution is 6.05. The summed E-state index contributed by atoms with van der Waals surface area (Å²) in [6.07, 6.45) is -2.49. The van der Waals surface area contributed by atoms with E-state index in [1.54, 1.807) is 18.2 Å². The lowest BCUT2D eigenvalue weighted by molar-refractivity contribution is -0.153. The van der Waals surface area contributed by atoms with Crippen molar-refractivity contribution in [2.24, 2.45) is 0 Å². The van der Waals surface area contributed by atoms with E-state index in [0.717, 1.165) is 13.0 Å². The molecule has 0 bridgehead atoms. The topological polar surface area (TPSA) is 81.8 Å². The fraction of sp³-hybridized carbons (Fsp3) is 0.571. The molecule has 2 unspecified atom stereocenters. The predicted octanol–water partition coefficient (Wildman–Crippen LogP) is 1.56. The van der Waals surface area contributed by atoms with Crippen molar-refractivity contribution in [2.75, 3.05) is 19.6 Å². The van der Waals surface area contributed by atoms with Crippen LogP contribution < -0.4 is 10.6 Å². The highest BCUT2D eigenvalue weighted by Crippen LogP contribution is 2.31. The first-order valence-electron chi connectivity index (χ1n) is 10.5. The highest BCUT2D eigenvalue weighted by atomic mass is 19.4. The lowest BCUT2D eigenvalue weighted by Crippen LogP contribution is -2.52. The van der Waals surface area contributed by atoms with Crippen molar-refractivity contribution in [3.63, 3.8) is 0 Å². The molecule has 2 fully saturated rings. The maximum Gasteiger partial charge on any atom is 0.401 e. The number of imide groups is 1. The van der Waals surface area contributed by atoms with E-state index in [4.69, 9.17) is 0 Å². The molecule has 10 heteroatoms. The Kier molecular flexibility index (Phi) is 6.02. The fourth-order valence-electron chi connectivity index (χ4n) is 4.73. The Morgan fingerprint density at radius 1 is 1.16 bits per heavy atom. The Hall–Kier alpha value is -2.46. The van der Waals surface area contributed by atoms with Gasteiger partial charge < -0.3 is 10.2 Å². The molecule has 3 amide bonds. The van der Waals surface area contributed by atoms with Gasteiger partial charge in [-0.05, 0) is 36.9 Å². The number of rotatable bonds is 5. The Morgan fingerprint density at radius 2 is 1.97 bits per heavy atom. The van der Waals surface area contributed by atoms with Gasteiger partial charge in [-0.2, -0.15) is 13.2 Å². The monoisotopic (exact) mass is 438 g/mol. The van der Waals surface area contributed by atoms with E-state index in [0.29, 0.717) is 29.7 Å². The van der Waals surface area contributed by atoms with Crippen molar-refractivity contribution in [3.8, 4) is 0 Å². The van der Waals surface area contributed by atoms with Crippen molar-refractivity contribution < 1.29 is 27.6 Å². The van der Waals surface area contributed by atoms with Crippen LogP contribution >= 0.6 is 0 Å². The normalized spacial score (nSPS) is 24.5. The van der Waals surface area contributed by atoms with E-state index in [1.165, 1.54) is 9.80 Å². The number of alkyl halides is 3. The van der Waals surface area contributed by atoms with Gasteiger partial charge in [0.25, 0.3) is 5.91 Å². The van der Waals surface area contributed by atoms with E-state index in [1.807, 2.05) is 0 Å². The summed E-state index contributed by atoms with van der Waals surface area (Å²) in [6, 6.07) is 4.16. The number of piperidine rings is 2. The van der Waals surface area contributed by atoms with Crippen LogP contribution in [0.5, 0.6) is 0 Å². The van der Waals surface area contributed by atoms with Crippen LogP contribution in [0.4, 0.5) is 13.2 Å². The van der Waals surface area contributed by atoms with Gasteiger partial charge in [0, 0.05) is 37.7 Å². The molecule has 0 aliphatic carbocycles. The van der Waals surface area contributed by atoms with Crippen LogP contribution in [0, 0.1) is 0 Å². The number of halogens is 3. The minimum atomic E-state index is -4.35. The fourth-order valence-corrected chi connectivity index (χ4v) is 4.73. The third kappa shape index (κ3) is 4.74. The molecule has 0 radical (unpaired) electrons. The van der Waals surface area contributed by atoms with Crippen molar-refractivity contribution in [1.82, 2.24) is 20.4 Å². The molecule has 0 saturated carbocycles. The quantitative estimate of drug-likeness (QED) is 0.682. The highest BCUT2D eigenvalue weighted by Gasteiger charge is 2.41. The number of fused-ring (bicyclic) bond motifs is 1. The molecule has 168 valence electrons. The number of benzene rings is 1. The maximum absolute atomic E-state index is 13.3. The van der Waals surface area contributed by atoms with Gasteiger partial charge in [0.15, 0.2) is 0 Å². The molecule has 0 aromatic heterocycles. The molecule has 2 atom stereocenters. The molecule has 0 spiro atoms. The van der Waals surface area contributed by atoms with Gasteiger partial charge in [0.05, 0.1) is 6.54 Å². The summed E-state index contributed by atoms with van der Waals surface area (Å²) < 4.78 is 39.9. The second kappa shape index (κ2) is 8.58. The van der Waals surface area contributed by atoms with Crippen molar-refractivity contribution in [2.45, 2.75) is 57.0 Å². The van der Waals surface area contributed by atoms with Crippen LogP contribution in [-0.4, -0.2) is 65.4 Å². The molecular formula is C21H25F3N4O3. The standard InChI is InChI=1S/C21H25F3N4O3/c22-21(23,24)12-27(15-5-2-8-25-9-15)10-13-3-1-4-14-11-28(20(31)18(13)14)16-6-7-17(29)26-19(16)30/h1,3-4,15-16,25H,2,5-12H2,(H,26,29,30). The van der Waals surface area contributed by atoms with Crippen LogP contribution in [0.1, 0.15) is 47.2 Å². The van der Waals surface area contributed by atoms with E-state index >= 15 is 0 Å². The van der Waals surface area contributed by atoms with Gasteiger partial charge >= 0.3 is 6.18 Å². The first-order valence-corrected chi connectivity index (χ1v) is 10.5. The summed E-state index contributed by atoms with van der Waals surface area (Å²) >= 11 is 0. The second-order valence-electron chi connectivity index (χ2n) is 8.37. The van der Waals surface area contributed by atoms with Gasteiger partial charge in [-0.3, -0.25) is 24.6 Å². The number of nitrogens with one attached hydrogen (secondary N) is 2. The van der Waals surface area contributed by atoms with Gasteiger partial charge in [-0.25, -0.2) is 0 Å². The summed E-state index contributed by atoms with van der Waals surface area (Å²) in [4.78, 5) is 39.7. The summed E-state index contributed by atoms with van der Waals surface area (Å²) in [6.45, 7) is 0.425. The molecule has 2 N–H and O–H groups in total. The average Bonchev–Trinajstić information content (AvgIpc) is 3.04. The number of carbonyl (C=O) groups excluding carboxylic acids is 3. The summed E-state index contributed by atoms with van der Waals surface area (Å²) in [5.41, 5.74) is 1.61. The molecule has 2 saturated heterocycles. The Labute approximate surface area is 177 Å². The first-order chi connectivity index (χ1) is 14.7. The van der Waals surface area contributed by atoms with Gasteiger partial charge in [-0.1, -0.05) is 18.2 Å². The van der Waals surface area contributed by atoms with Crippen LogP contribution in [0.15, 0.2) is 18.2 Å². The molecule has 4 rings (SSSR count). The molecule has 3 aliphatic rings. The number of amides is 3. The zero-order valence-corrected chi connectivity index (χ0v) is 17.0. The number of hydrogen-bond donors (Lipinski definition) is 2. The van der Waals surface area contributed by atoms with Gasteiger partial charge in [0.1, 0.15) is 6.04 Å². The third-order valence-corrected chi connectivity index (χ3v) is 6.18. The van der Waals surface area contributed by atoms with Crippen molar-refractivity contribution >= 4 is 17.7 Å². The Morgan fingerprint density at radius 3 is 2.65 bits per heavy atom. The summed E-state index contributed by atoms with van der Waals surface area (Å²) in [7, 11) is 0. The van der Waals surface area contributed by atoms with Crippen molar-refractivity contribution in [3.05, 3.63) is 34.9 Å². The van der Waals surface area contributed by atoms with Gasteiger partial charge in [0.2, 0.25) is 11.8 Å². The second-order valence-corrected chi connectivity index (χ2v) is 8.37. The summed E-state index contributed by atoms with van der Waals surface area (Å²) in [5, 5.41) is 5.41. The molecular weight excluding hydrogens is 413 g/mol. The third-order valence-electron chi connectivity index (χ3n) is 6.18. The van der Waals surface area contributed by atoms with E-state index in [9.17, 15) is 27.6 Å². The minimum Gasteiger partial charge on any atom is -0.322 e. The largest absolute Gasteiger partial charge is 0.401 e. The summed E-state index contributed by atoms with van der Waals surface area (Å²) in [5.74, 6) is -1.24. The van der Waals surface area contributed by atoms with E-state index in [-0.39, 0.29) is 43.8 Å². The molecule has 3 aliphatic heterocycles. The molecule has 1 aromatic carbocycles. The maximum atomic E-state index is 13.3. The van der Waals surface area contributed by atoms with E-state index < -0.39 is 24.7 Å². The van der Waals surface area contributed by atoms with Crippen LogP contribution in [0.2, 0.25) is 0 Å².